The fraction of sp³-hybridized carbons (Fsp3) is 0.581. The Labute approximate surface area is 492 Å². The van der Waals surface area contributed by atoms with Crippen molar-refractivity contribution in [2.45, 2.75) is 264 Å². The van der Waals surface area contributed by atoms with Crippen LogP contribution in [0.1, 0.15) is 258 Å². The molecule has 0 rings (SSSR count). The summed E-state index contributed by atoms with van der Waals surface area (Å²) in [4.78, 5) is 38.3. The fourth-order valence-corrected chi connectivity index (χ4v) is 8.19. The van der Waals surface area contributed by atoms with Gasteiger partial charge >= 0.3 is 17.9 Å². The lowest BCUT2D eigenvalue weighted by molar-refractivity contribution is -0.167. The number of hydrogen-bond acceptors (Lipinski definition) is 6. The van der Waals surface area contributed by atoms with E-state index in [-0.39, 0.29) is 37.5 Å². The Kier molecular flexibility index (Phi) is 61.9. The number of carbonyl (C=O) groups excluding carboxylic acids is 3. The Morgan fingerprint density at radius 1 is 0.263 bits per heavy atom. The van der Waals surface area contributed by atoms with E-state index in [4.69, 9.17) is 14.2 Å². The quantitative estimate of drug-likeness (QED) is 0.0261. The summed E-state index contributed by atoms with van der Waals surface area (Å²) in [6.07, 6.45) is 97.9. The molecule has 0 saturated carbocycles. The van der Waals surface area contributed by atoms with Gasteiger partial charge < -0.3 is 14.2 Å². The predicted octanol–water partition coefficient (Wildman–Crippen LogP) is 22.3. The molecule has 0 fully saturated rings. The minimum Gasteiger partial charge on any atom is -0.462 e. The van der Waals surface area contributed by atoms with Crippen molar-refractivity contribution in [3.05, 3.63) is 170 Å². The van der Waals surface area contributed by atoms with Crippen LogP contribution in [0.5, 0.6) is 0 Å². The molecule has 1 atom stereocenters. The molecule has 0 aromatic rings. The smallest absolute Gasteiger partial charge is 0.306 e. The molecule has 0 amide bonds. The summed E-state index contributed by atoms with van der Waals surface area (Å²) in [5.41, 5.74) is 0. The molecule has 0 heterocycles. The van der Waals surface area contributed by atoms with E-state index in [2.05, 4.69) is 191 Å². The van der Waals surface area contributed by atoms with Crippen LogP contribution in [0.2, 0.25) is 0 Å². The maximum Gasteiger partial charge on any atom is 0.306 e. The maximum atomic E-state index is 12.9. The normalized spacial score (nSPS) is 13.3. The Balaban J connectivity index is 4.51. The van der Waals surface area contributed by atoms with Crippen LogP contribution in [0.15, 0.2) is 170 Å². The first kappa shape index (κ1) is 74.8. The van der Waals surface area contributed by atoms with Crippen LogP contribution in [0.25, 0.3) is 0 Å². The number of allylic oxidation sites excluding steroid dienone is 28. The Morgan fingerprint density at radius 2 is 0.500 bits per heavy atom. The van der Waals surface area contributed by atoms with Crippen molar-refractivity contribution in [2.75, 3.05) is 13.2 Å². The van der Waals surface area contributed by atoms with Gasteiger partial charge in [0.1, 0.15) is 13.2 Å². The highest BCUT2D eigenvalue weighted by Gasteiger charge is 2.19. The number of esters is 3. The lowest BCUT2D eigenvalue weighted by Crippen LogP contribution is -2.30. The van der Waals surface area contributed by atoms with Gasteiger partial charge in [0.25, 0.3) is 0 Å². The predicted molar refractivity (Wildman–Crippen MR) is 348 cm³/mol. The zero-order valence-electron chi connectivity index (χ0n) is 51.3. The van der Waals surface area contributed by atoms with Crippen molar-refractivity contribution >= 4 is 17.9 Å². The molecule has 0 aliphatic carbocycles. The molecule has 0 aliphatic heterocycles. The van der Waals surface area contributed by atoms with Crippen LogP contribution in [0.3, 0.4) is 0 Å². The second kappa shape index (κ2) is 66.3. The summed E-state index contributed by atoms with van der Waals surface area (Å²) in [7, 11) is 0. The monoisotopic (exact) mass is 1100 g/mol. The first-order chi connectivity index (χ1) is 39.5. The molecule has 0 aliphatic rings. The third kappa shape index (κ3) is 63.6. The van der Waals surface area contributed by atoms with Gasteiger partial charge in [-0.1, -0.05) is 262 Å². The van der Waals surface area contributed by atoms with Crippen molar-refractivity contribution in [3.8, 4) is 0 Å². The zero-order valence-corrected chi connectivity index (χ0v) is 51.3. The van der Waals surface area contributed by atoms with Gasteiger partial charge in [-0.2, -0.15) is 0 Å². The van der Waals surface area contributed by atoms with E-state index in [1.807, 2.05) is 0 Å². The van der Waals surface area contributed by atoms with Gasteiger partial charge in [-0.3, -0.25) is 14.4 Å². The van der Waals surface area contributed by atoms with Crippen LogP contribution in [0, 0.1) is 0 Å². The van der Waals surface area contributed by atoms with Gasteiger partial charge in [-0.15, -0.1) is 0 Å². The highest BCUT2D eigenvalue weighted by molar-refractivity contribution is 5.71. The SMILES string of the molecule is CC/C=C\C/C=C\C/C=C\C/C=C\C/C=C\C/C=C\C/C=C\C/C=C\C/C=C\CCCC(=O)OCC(COC(=O)CCCCCCC/C=C\C/C=C\C/C=C\CC)OC(=O)CCCCCCCCC/C=C\C/C=C\CCCCCC. The van der Waals surface area contributed by atoms with Crippen LogP contribution in [-0.4, -0.2) is 37.2 Å². The largest absolute Gasteiger partial charge is 0.462 e. The molecule has 6 heteroatoms. The summed E-state index contributed by atoms with van der Waals surface area (Å²) in [6.45, 7) is 6.32. The van der Waals surface area contributed by atoms with Crippen molar-refractivity contribution in [2.24, 2.45) is 0 Å². The average molecular weight is 1100 g/mol. The number of rotatable bonds is 56. The zero-order chi connectivity index (χ0) is 57.8. The second-order valence-corrected chi connectivity index (χ2v) is 20.5. The summed E-state index contributed by atoms with van der Waals surface area (Å²) < 4.78 is 16.8. The lowest BCUT2D eigenvalue weighted by atomic mass is 10.1. The molecule has 448 valence electrons. The maximum absolute atomic E-state index is 12.9. The lowest BCUT2D eigenvalue weighted by Gasteiger charge is -2.18. The van der Waals surface area contributed by atoms with Crippen LogP contribution < -0.4 is 0 Å². The number of hydrogen-bond donors (Lipinski definition) is 0. The fourth-order valence-electron chi connectivity index (χ4n) is 8.19. The van der Waals surface area contributed by atoms with Crippen molar-refractivity contribution < 1.29 is 28.6 Å². The third-order valence-electron chi connectivity index (χ3n) is 12.9. The number of ether oxygens (including phenoxy) is 3. The van der Waals surface area contributed by atoms with Gasteiger partial charge in [0, 0.05) is 19.3 Å². The molecule has 1 unspecified atom stereocenters. The summed E-state index contributed by atoms with van der Waals surface area (Å²) in [6, 6.07) is 0. The van der Waals surface area contributed by atoms with E-state index in [1.165, 1.54) is 57.8 Å². The highest BCUT2D eigenvalue weighted by atomic mass is 16.6. The van der Waals surface area contributed by atoms with Crippen molar-refractivity contribution in [3.63, 3.8) is 0 Å². The molecule has 0 aromatic heterocycles. The van der Waals surface area contributed by atoms with E-state index < -0.39 is 6.10 Å². The molecule has 0 spiro atoms. The molecule has 0 saturated heterocycles. The molecule has 0 aromatic carbocycles. The first-order valence-electron chi connectivity index (χ1n) is 32.1. The van der Waals surface area contributed by atoms with Gasteiger partial charge in [0.05, 0.1) is 0 Å². The standard InChI is InChI=1S/C74H116O6/c1-4-7-10-13-16-19-22-25-28-30-32-33-34-35-36-37-38-39-40-41-42-44-46-49-52-55-58-61-64-67-73(76)79-70-71(69-78-72(75)66-63-60-57-54-51-48-45-27-24-21-18-15-12-9-6-3)80-74(77)68-65-62-59-56-53-50-47-43-31-29-26-23-20-17-14-11-8-5-2/h7,9-10,12,16,18-21,23,25,27-29,31-33,35-36,38-39,41-42,45-46,49,55,58,71H,4-6,8,11,13-15,17,22,24,26,30,34,37,40,43-44,47-48,50-54,56-57,59-70H2,1-3H3/b10-7-,12-9-,19-16-,21-18-,23-20-,28-25-,31-29-,33-32-,36-35-,39-38-,42-41-,45-27-,49-46-,58-55-. The van der Waals surface area contributed by atoms with Crippen LogP contribution in [0.4, 0.5) is 0 Å². The number of unbranched alkanes of at least 4 members (excludes halogenated alkanes) is 17. The Morgan fingerprint density at radius 3 is 0.812 bits per heavy atom. The van der Waals surface area contributed by atoms with E-state index in [0.29, 0.717) is 19.3 Å². The van der Waals surface area contributed by atoms with E-state index in [9.17, 15) is 14.4 Å². The van der Waals surface area contributed by atoms with Crippen molar-refractivity contribution in [1.82, 2.24) is 0 Å². The molecule has 80 heavy (non-hydrogen) atoms. The van der Waals surface area contributed by atoms with Crippen molar-refractivity contribution in [1.29, 1.82) is 0 Å². The highest BCUT2D eigenvalue weighted by Crippen LogP contribution is 2.14. The molecule has 0 radical (unpaired) electrons. The minimum atomic E-state index is -0.823. The van der Waals surface area contributed by atoms with Crippen LogP contribution in [-0.2, 0) is 28.6 Å². The number of carbonyl (C=O) groups is 3. The van der Waals surface area contributed by atoms with Gasteiger partial charge in [-0.25, -0.2) is 0 Å². The summed E-state index contributed by atoms with van der Waals surface area (Å²) >= 11 is 0. The molecule has 0 bridgehead atoms. The average Bonchev–Trinajstić information content (AvgIpc) is 3.46. The van der Waals surface area contributed by atoms with Crippen LogP contribution >= 0.6 is 0 Å². The Hall–Kier alpha value is -5.23. The third-order valence-corrected chi connectivity index (χ3v) is 12.9. The van der Waals surface area contributed by atoms with E-state index >= 15 is 0 Å². The summed E-state index contributed by atoms with van der Waals surface area (Å²) in [5.74, 6) is -1.01. The molecule has 6 nitrogen and oxygen atoms in total. The van der Waals surface area contributed by atoms with Gasteiger partial charge in [-0.05, 0) is 148 Å². The minimum absolute atomic E-state index is 0.116. The van der Waals surface area contributed by atoms with Gasteiger partial charge in [0.2, 0.25) is 0 Å². The molecule has 0 N–H and O–H groups in total. The molecular weight excluding hydrogens is 985 g/mol. The van der Waals surface area contributed by atoms with E-state index in [1.54, 1.807) is 0 Å². The Bertz CT molecular complexity index is 1840. The van der Waals surface area contributed by atoms with E-state index in [0.717, 1.165) is 154 Å². The topological polar surface area (TPSA) is 78.9 Å². The summed E-state index contributed by atoms with van der Waals surface area (Å²) in [5, 5.41) is 0. The second-order valence-electron chi connectivity index (χ2n) is 20.5. The first-order valence-corrected chi connectivity index (χ1v) is 32.1. The van der Waals surface area contributed by atoms with Gasteiger partial charge in [0.15, 0.2) is 6.10 Å². The molecular formula is C74H116O6.